The number of aromatic hydroxyl groups is 1. The van der Waals surface area contributed by atoms with E-state index in [2.05, 4.69) is 20.5 Å². The number of pyridine rings is 1. The van der Waals surface area contributed by atoms with Crippen molar-refractivity contribution in [1.82, 2.24) is 4.90 Å². The number of aromatic nitrogens is 1. The van der Waals surface area contributed by atoms with Gasteiger partial charge in [0.15, 0.2) is 12.4 Å². The van der Waals surface area contributed by atoms with Crippen LogP contribution in [0.5, 0.6) is 5.75 Å². The van der Waals surface area contributed by atoms with Crippen LogP contribution in [0.15, 0.2) is 86.1 Å². The van der Waals surface area contributed by atoms with Crippen LogP contribution in [0.25, 0.3) is 5.70 Å². The first-order valence-electron chi connectivity index (χ1n) is 9.95. The first-order chi connectivity index (χ1) is 14.8. The molecule has 0 saturated heterocycles. The number of phenolic OH excluding ortho intramolecular Hbond substituents is 1. The summed E-state index contributed by atoms with van der Waals surface area (Å²) in [7, 11) is 5.45. The zero-order valence-corrected chi connectivity index (χ0v) is 18.4. The molecule has 0 spiro atoms. The maximum Gasteiger partial charge on any atom is 0.259 e. The van der Waals surface area contributed by atoms with Crippen molar-refractivity contribution in [1.29, 1.82) is 0 Å². The van der Waals surface area contributed by atoms with Gasteiger partial charge in [0.05, 0.1) is 22.9 Å². The number of rotatable bonds is 6. The van der Waals surface area contributed by atoms with Crippen LogP contribution in [0, 0.1) is 5.92 Å². The third kappa shape index (κ3) is 4.80. The van der Waals surface area contributed by atoms with E-state index in [1.165, 1.54) is 6.07 Å². The lowest BCUT2D eigenvalue weighted by molar-refractivity contribution is -0.578. The van der Waals surface area contributed by atoms with Gasteiger partial charge in [-0.2, -0.15) is 14.8 Å². The van der Waals surface area contributed by atoms with Gasteiger partial charge in [-0.15, -0.1) is 10.2 Å². The SMILES string of the molecule is CN=Nc1ccc(O)c(N=NC2=C(C)C(CN(C)C)C(=O)C([n+]3ccccc3)=C2C)c1. The molecule has 3 rings (SSSR count). The van der Waals surface area contributed by atoms with E-state index in [0.29, 0.717) is 23.6 Å². The van der Waals surface area contributed by atoms with E-state index in [9.17, 15) is 9.90 Å². The molecule has 1 atom stereocenters. The van der Waals surface area contributed by atoms with Gasteiger partial charge in [0.2, 0.25) is 5.78 Å². The quantitative estimate of drug-likeness (QED) is 0.554. The van der Waals surface area contributed by atoms with Crippen LogP contribution in [0.2, 0.25) is 0 Å². The number of allylic oxidation sites excluding steroid dienone is 2. The largest absolute Gasteiger partial charge is 0.506 e. The molecule has 1 aliphatic rings. The van der Waals surface area contributed by atoms with Gasteiger partial charge in [-0.1, -0.05) is 6.07 Å². The molecular formula is C23H27N6O2+. The van der Waals surface area contributed by atoms with Gasteiger partial charge in [-0.25, -0.2) is 0 Å². The summed E-state index contributed by atoms with van der Waals surface area (Å²) in [4.78, 5) is 15.4. The van der Waals surface area contributed by atoms with Crippen LogP contribution < -0.4 is 4.57 Å². The third-order valence-corrected chi connectivity index (χ3v) is 5.11. The number of azo groups is 2. The molecular weight excluding hydrogens is 392 g/mol. The molecule has 0 aliphatic heterocycles. The summed E-state index contributed by atoms with van der Waals surface area (Å²) < 4.78 is 1.82. The third-order valence-electron chi connectivity index (χ3n) is 5.11. The number of hydrogen-bond donors (Lipinski definition) is 1. The van der Waals surface area contributed by atoms with Crippen LogP contribution in [0.4, 0.5) is 11.4 Å². The van der Waals surface area contributed by atoms with Crippen LogP contribution in [-0.4, -0.2) is 43.5 Å². The van der Waals surface area contributed by atoms with Crippen molar-refractivity contribution in [3.8, 4) is 5.75 Å². The summed E-state index contributed by atoms with van der Waals surface area (Å²) in [6.07, 6.45) is 3.70. The number of benzene rings is 1. The van der Waals surface area contributed by atoms with Gasteiger partial charge in [0.25, 0.3) is 5.70 Å². The highest BCUT2D eigenvalue weighted by Gasteiger charge is 2.38. The van der Waals surface area contributed by atoms with E-state index in [4.69, 9.17) is 0 Å². The highest BCUT2D eigenvalue weighted by molar-refractivity contribution is 6.16. The number of ketones is 1. The number of phenols is 1. The lowest BCUT2D eigenvalue weighted by Crippen LogP contribution is -2.43. The molecule has 1 aromatic carbocycles. The standard InChI is InChI=1S/C23H26N6O2/c1-15-18(14-28(4)5)23(31)22(29-11-7-6-8-12-29)16(2)21(15)27-26-19-13-17(25-24-3)9-10-20(19)30/h6-13,18H,14H2,1-5H3/p+1. The molecule has 2 aromatic rings. The van der Waals surface area contributed by atoms with Crippen LogP contribution in [-0.2, 0) is 4.79 Å². The molecule has 1 heterocycles. The zero-order valence-electron chi connectivity index (χ0n) is 18.4. The molecule has 0 amide bonds. The number of nitrogens with zero attached hydrogens (tertiary/aromatic N) is 6. The summed E-state index contributed by atoms with van der Waals surface area (Å²) >= 11 is 0. The Morgan fingerprint density at radius 1 is 1.06 bits per heavy atom. The Morgan fingerprint density at radius 3 is 2.42 bits per heavy atom. The van der Waals surface area contributed by atoms with E-state index in [1.807, 2.05) is 68.0 Å². The van der Waals surface area contributed by atoms with E-state index < -0.39 is 0 Å². The Morgan fingerprint density at radius 2 is 1.77 bits per heavy atom. The van der Waals surface area contributed by atoms with Gasteiger partial charge < -0.3 is 10.0 Å². The van der Waals surface area contributed by atoms with Crippen molar-refractivity contribution in [2.45, 2.75) is 13.8 Å². The number of carbonyl (C=O) groups is 1. The summed E-state index contributed by atoms with van der Waals surface area (Å²) in [5, 5.41) is 26.7. The maximum absolute atomic E-state index is 13.4. The molecule has 8 nitrogen and oxygen atoms in total. The summed E-state index contributed by atoms with van der Waals surface area (Å²) in [5.41, 5.74) is 3.65. The van der Waals surface area contributed by atoms with Crippen molar-refractivity contribution in [2.24, 2.45) is 26.4 Å². The van der Waals surface area contributed by atoms with Crippen LogP contribution in [0.1, 0.15) is 13.8 Å². The molecule has 0 saturated carbocycles. The average molecular weight is 420 g/mol. The minimum Gasteiger partial charge on any atom is -0.506 e. The molecule has 1 aromatic heterocycles. The first-order valence-corrected chi connectivity index (χ1v) is 9.95. The monoisotopic (exact) mass is 419 g/mol. The molecule has 1 unspecified atom stereocenters. The van der Waals surface area contributed by atoms with Crippen molar-refractivity contribution in [3.63, 3.8) is 0 Å². The molecule has 0 fully saturated rings. The predicted molar refractivity (Wildman–Crippen MR) is 118 cm³/mol. The Kier molecular flexibility index (Phi) is 6.81. The fourth-order valence-electron chi connectivity index (χ4n) is 3.60. The fourth-order valence-corrected chi connectivity index (χ4v) is 3.60. The van der Waals surface area contributed by atoms with E-state index >= 15 is 0 Å². The van der Waals surface area contributed by atoms with Crippen LogP contribution in [0.3, 0.4) is 0 Å². The number of hydrogen-bond acceptors (Lipinski definition) is 7. The van der Waals surface area contributed by atoms with Gasteiger partial charge in [0.1, 0.15) is 11.4 Å². The average Bonchev–Trinajstić information content (AvgIpc) is 2.74. The normalized spacial score (nSPS) is 17.6. The van der Waals surface area contributed by atoms with E-state index in [-0.39, 0.29) is 23.1 Å². The molecule has 31 heavy (non-hydrogen) atoms. The molecule has 8 heteroatoms. The lowest BCUT2D eigenvalue weighted by Gasteiger charge is -2.25. The predicted octanol–water partition coefficient (Wildman–Crippen LogP) is 4.44. The topological polar surface area (TPSA) is 93.9 Å². The van der Waals surface area contributed by atoms with Crippen molar-refractivity contribution >= 4 is 22.9 Å². The van der Waals surface area contributed by atoms with Gasteiger partial charge >= 0.3 is 0 Å². The molecule has 1 N–H and O–H groups in total. The maximum atomic E-state index is 13.4. The minimum absolute atomic E-state index is 0.00641. The van der Waals surface area contributed by atoms with Crippen LogP contribution >= 0.6 is 0 Å². The highest BCUT2D eigenvalue weighted by Crippen LogP contribution is 2.36. The van der Waals surface area contributed by atoms with Gasteiger partial charge in [-0.3, -0.25) is 4.79 Å². The van der Waals surface area contributed by atoms with Crippen molar-refractivity contribution < 1.29 is 14.5 Å². The lowest BCUT2D eigenvalue weighted by atomic mass is 9.83. The molecule has 0 radical (unpaired) electrons. The molecule has 1 aliphatic carbocycles. The Hall–Kier alpha value is -3.52. The highest BCUT2D eigenvalue weighted by atomic mass is 16.3. The minimum atomic E-state index is -0.343. The van der Waals surface area contributed by atoms with Crippen molar-refractivity contribution in [3.05, 3.63) is 65.6 Å². The Bertz CT molecular complexity index is 1100. The summed E-state index contributed by atoms with van der Waals surface area (Å²) in [6.45, 7) is 4.35. The zero-order chi connectivity index (χ0) is 22.5. The Labute approximate surface area is 182 Å². The molecule has 160 valence electrons. The second-order valence-electron chi connectivity index (χ2n) is 7.64. The van der Waals surface area contributed by atoms with E-state index in [0.717, 1.165) is 11.1 Å². The molecule has 0 bridgehead atoms. The smallest absolute Gasteiger partial charge is 0.259 e. The van der Waals surface area contributed by atoms with E-state index in [1.54, 1.807) is 19.2 Å². The second kappa shape index (κ2) is 9.53. The second-order valence-corrected chi connectivity index (χ2v) is 7.64. The summed E-state index contributed by atoms with van der Waals surface area (Å²) in [6, 6.07) is 10.4. The summed E-state index contributed by atoms with van der Waals surface area (Å²) in [5.74, 6) is -0.302. The van der Waals surface area contributed by atoms with Crippen molar-refractivity contribution in [2.75, 3.05) is 27.7 Å². The van der Waals surface area contributed by atoms with Gasteiger partial charge in [0, 0.05) is 25.7 Å². The first kappa shape index (κ1) is 22.2. The fraction of sp³-hybridized carbons (Fsp3) is 0.304. The van der Waals surface area contributed by atoms with Gasteiger partial charge in [-0.05, 0) is 51.7 Å². The number of carbonyl (C=O) groups excluding carboxylic acids is 1. The number of Topliss-reactive ketones (excluding diaryl/α,β-unsaturated/α-hetero) is 1. The Balaban J connectivity index is 2.12.